The number of hydrogen-bond donors (Lipinski definition) is 2. The predicted molar refractivity (Wildman–Crippen MR) is 132 cm³/mol. The van der Waals surface area contributed by atoms with Crippen molar-refractivity contribution >= 4 is 40.1 Å². The molecule has 1 aliphatic heterocycles. The summed E-state index contributed by atoms with van der Waals surface area (Å²) in [4.78, 5) is 45.0. The number of nitrogens with zero attached hydrogens (tertiary/aromatic N) is 2. The number of benzene rings is 1. The topological polar surface area (TPSA) is 101 Å². The molecule has 1 aromatic heterocycles. The van der Waals surface area contributed by atoms with Crippen LogP contribution in [0.15, 0.2) is 24.3 Å². The van der Waals surface area contributed by atoms with Crippen molar-refractivity contribution in [3.63, 3.8) is 0 Å². The van der Waals surface area contributed by atoms with Crippen molar-refractivity contribution < 1.29 is 19.1 Å². The van der Waals surface area contributed by atoms with Crippen molar-refractivity contribution in [3.8, 4) is 0 Å². The maximum absolute atomic E-state index is 12.9. The van der Waals surface area contributed by atoms with Crippen molar-refractivity contribution in [2.24, 2.45) is 5.92 Å². The zero-order valence-electron chi connectivity index (χ0n) is 20.0. The third kappa shape index (κ3) is 6.14. The number of rotatable bonds is 4. The molecule has 0 saturated heterocycles. The van der Waals surface area contributed by atoms with Crippen LogP contribution in [-0.4, -0.2) is 39.9 Å². The lowest BCUT2D eigenvalue weighted by Crippen LogP contribution is -2.39. The van der Waals surface area contributed by atoms with E-state index >= 15 is 0 Å². The van der Waals surface area contributed by atoms with Gasteiger partial charge in [-0.25, -0.2) is 9.78 Å². The Hall–Kier alpha value is -2.94. The number of thiazole rings is 1. The quantitative estimate of drug-likeness (QED) is 0.621. The number of ether oxygens (including phenoxy) is 1. The third-order valence-electron chi connectivity index (χ3n) is 5.97. The molecule has 0 radical (unpaired) electrons. The molecule has 2 aliphatic rings. The second-order valence-corrected chi connectivity index (χ2v) is 11.0. The van der Waals surface area contributed by atoms with Gasteiger partial charge in [-0.15, -0.1) is 0 Å². The summed E-state index contributed by atoms with van der Waals surface area (Å²) in [5.74, 6) is -0.212. The van der Waals surface area contributed by atoms with Crippen LogP contribution in [0.3, 0.4) is 0 Å². The molecule has 9 heteroatoms. The second kappa shape index (κ2) is 10.1. The van der Waals surface area contributed by atoms with Gasteiger partial charge in [-0.3, -0.25) is 14.9 Å². The predicted octanol–water partition coefficient (Wildman–Crippen LogP) is 5.21. The first-order valence-corrected chi connectivity index (χ1v) is 12.7. The summed E-state index contributed by atoms with van der Waals surface area (Å²) in [5, 5.41) is 6.32. The Labute approximate surface area is 204 Å². The number of fused-ring (bicyclic) bond motifs is 1. The minimum Gasteiger partial charge on any atom is -0.444 e. The number of carbonyl (C=O) groups is 3. The molecule has 0 spiro atoms. The summed E-state index contributed by atoms with van der Waals surface area (Å²) >= 11 is 1.37. The molecule has 0 atom stereocenters. The van der Waals surface area contributed by atoms with Gasteiger partial charge in [-0.1, -0.05) is 36.7 Å². The molecule has 1 fully saturated rings. The first-order valence-electron chi connectivity index (χ1n) is 11.9. The molecule has 1 aliphatic carbocycles. The zero-order valence-corrected chi connectivity index (χ0v) is 20.8. The molecule has 1 saturated carbocycles. The maximum Gasteiger partial charge on any atom is 0.410 e. The van der Waals surface area contributed by atoms with Gasteiger partial charge in [0.2, 0.25) is 5.91 Å². The number of anilines is 2. The van der Waals surface area contributed by atoms with E-state index < -0.39 is 5.60 Å². The Balaban J connectivity index is 1.37. The van der Waals surface area contributed by atoms with Crippen molar-refractivity contribution in [2.45, 2.75) is 71.4 Å². The fourth-order valence-corrected chi connectivity index (χ4v) is 5.27. The van der Waals surface area contributed by atoms with E-state index in [0.29, 0.717) is 35.9 Å². The molecular formula is C25H32N4O4S. The Morgan fingerprint density at radius 1 is 1.12 bits per heavy atom. The highest BCUT2D eigenvalue weighted by atomic mass is 32.1. The summed E-state index contributed by atoms with van der Waals surface area (Å²) in [6.45, 7) is 6.48. The molecule has 2 aromatic rings. The van der Waals surface area contributed by atoms with Crippen LogP contribution in [0.5, 0.6) is 0 Å². The largest absolute Gasteiger partial charge is 0.444 e. The van der Waals surface area contributed by atoms with Gasteiger partial charge in [0.25, 0.3) is 5.91 Å². The van der Waals surface area contributed by atoms with E-state index in [-0.39, 0.29) is 23.8 Å². The fraction of sp³-hybridized carbons (Fsp3) is 0.520. The van der Waals surface area contributed by atoms with Crippen molar-refractivity contribution in [1.29, 1.82) is 0 Å². The molecule has 0 unspecified atom stereocenters. The molecule has 8 nitrogen and oxygen atoms in total. The van der Waals surface area contributed by atoms with Crippen LogP contribution < -0.4 is 10.6 Å². The van der Waals surface area contributed by atoms with Gasteiger partial charge < -0.3 is 15.0 Å². The SMILES string of the molecule is CC(C)(C)OC(=O)N1CCc2nc(NC(=O)c3cccc(NC(=O)C4CCCCC4)c3)sc2C1. The van der Waals surface area contributed by atoms with Crippen molar-refractivity contribution in [1.82, 2.24) is 9.88 Å². The summed E-state index contributed by atoms with van der Waals surface area (Å²) in [6.07, 6.45) is 5.49. The fourth-order valence-electron chi connectivity index (χ4n) is 4.25. The van der Waals surface area contributed by atoms with Gasteiger partial charge in [-0.05, 0) is 51.8 Å². The van der Waals surface area contributed by atoms with Gasteiger partial charge in [-0.2, -0.15) is 0 Å². The summed E-state index contributed by atoms with van der Waals surface area (Å²) in [7, 11) is 0. The van der Waals surface area contributed by atoms with Gasteiger partial charge in [0.1, 0.15) is 5.60 Å². The minimum absolute atomic E-state index is 0.0272. The van der Waals surface area contributed by atoms with Gasteiger partial charge >= 0.3 is 6.09 Å². The lowest BCUT2D eigenvalue weighted by atomic mass is 9.88. The van der Waals surface area contributed by atoms with Crippen LogP contribution in [-0.2, 0) is 22.5 Å². The molecule has 4 rings (SSSR count). The molecule has 182 valence electrons. The summed E-state index contributed by atoms with van der Waals surface area (Å²) in [6, 6.07) is 6.96. The second-order valence-electron chi connectivity index (χ2n) is 9.90. The first kappa shape index (κ1) is 24.2. The van der Waals surface area contributed by atoms with E-state index in [0.717, 1.165) is 36.3 Å². The normalized spacial score (nSPS) is 16.5. The average Bonchev–Trinajstić information content (AvgIpc) is 3.20. The summed E-state index contributed by atoms with van der Waals surface area (Å²) < 4.78 is 5.47. The Morgan fingerprint density at radius 2 is 1.88 bits per heavy atom. The molecule has 3 amide bonds. The van der Waals surface area contributed by atoms with E-state index in [4.69, 9.17) is 4.74 Å². The standard InChI is InChI=1S/C25H32N4O4S/c1-25(2,3)33-24(32)29-13-12-19-20(15-29)34-23(27-19)28-22(31)17-10-7-11-18(14-17)26-21(30)16-8-5-4-6-9-16/h7,10-11,14,16H,4-6,8-9,12-13,15H2,1-3H3,(H,26,30)(H,27,28,31). The smallest absolute Gasteiger partial charge is 0.410 e. The highest BCUT2D eigenvalue weighted by Gasteiger charge is 2.28. The van der Waals surface area contributed by atoms with Gasteiger partial charge in [0, 0.05) is 35.0 Å². The van der Waals surface area contributed by atoms with E-state index in [1.54, 1.807) is 29.2 Å². The summed E-state index contributed by atoms with van der Waals surface area (Å²) in [5.41, 5.74) is 1.42. The number of amides is 3. The Morgan fingerprint density at radius 3 is 2.62 bits per heavy atom. The van der Waals surface area contributed by atoms with E-state index in [1.807, 2.05) is 20.8 Å². The zero-order chi connectivity index (χ0) is 24.3. The van der Waals surface area contributed by atoms with Crippen LogP contribution in [0.4, 0.5) is 15.6 Å². The lowest BCUT2D eigenvalue weighted by Gasteiger charge is -2.29. The number of carbonyl (C=O) groups excluding carboxylic acids is 3. The lowest BCUT2D eigenvalue weighted by molar-refractivity contribution is -0.120. The number of nitrogens with one attached hydrogen (secondary N) is 2. The molecule has 1 aromatic carbocycles. The highest BCUT2D eigenvalue weighted by Crippen LogP contribution is 2.30. The third-order valence-corrected chi connectivity index (χ3v) is 6.97. The van der Waals surface area contributed by atoms with Gasteiger partial charge in [0.05, 0.1) is 12.2 Å². The first-order chi connectivity index (χ1) is 16.2. The van der Waals surface area contributed by atoms with Crippen LogP contribution in [0.25, 0.3) is 0 Å². The minimum atomic E-state index is -0.547. The van der Waals surface area contributed by atoms with Crippen molar-refractivity contribution in [3.05, 3.63) is 40.4 Å². The Kier molecular flexibility index (Phi) is 7.21. The highest BCUT2D eigenvalue weighted by molar-refractivity contribution is 7.15. The number of hydrogen-bond acceptors (Lipinski definition) is 6. The van der Waals surface area contributed by atoms with E-state index in [1.165, 1.54) is 17.8 Å². The van der Waals surface area contributed by atoms with Crippen LogP contribution in [0, 0.1) is 5.92 Å². The van der Waals surface area contributed by atoms with Crippen LogP contribution in [0.2, 0.25) is 0 Å². The molecule has 2 heterocycles. The molecule has 0 bridgehead atoms. The van der Waals surface area contributed by atoms with Crippen LogP contribution in [0.1, 0.15) is 73.8 Å². The monoisotopic (exact) mass is 484 g/mol. The van der Waals surface area contributed by atoms with E-state index in [2.05, 4.69) is 15.6 Å². The molecule has 2 N–H and O–H groups in total. The molecule has 34 heavy (non-hydrogen) atoms. The van der Waals surface area contributed by atoms with E-state index in [9.17, 15) is 14.4 Å². The van der Waals surface area contributed by atoms with Crippen LogP contribution >= 0.6 is 11.3 Å². The molecular weight excluding hydrogens is 452 g/mol. The maximum atomic E-state index is 12.9. The van der Waals surface area contributed by atoms with Gasteiger partial charge in [0.15, 0.2) is 5.13 Å². The Bertz CT molecular complexity index is 1070. The average molecular weight is 485 g/mol. The van der Waals surface area contributed by atoms with Crippen molar-refractivity contribution in [2.75, 3.05) is 17.2 Å². The number of aromatic nitrogens is 1.